The lowest BCUT2D eigenvalue weighted by atomic mass is 9.95. The van der Waals surface area contributed by atoms with E-state index >= 15 is 0 Å². The van der Waals surface area contributed by atoms with Crippen LogP contribution in [0, 0.1) is 6.92 Å². The molecule has 1 atom stereocenters. The van der Waals surface area contributed by atoms with Gasteiger partial charge in [-0.05, 0) is 64.2 Å². The third-order valence-corrected chi connectivity index (χ3v) is 8.35. The van der Waals surface area contributed by atoms with Crippen molar-refractivity contribution in [3.05, 3.63) is 124 Å². The Kier molecular flexibility index (Phi) is 8.56. The van der Waals surface area contributed by atoms with Crippen LogP contribution in [0.5, 0.6) is 11.5 Å². The number of hydrogen-bond acceptors (Lipinski definition) is 7. The number of carbonyl (C=O) groups is 1. The quantitative estimate of drug-likeness (QED) is 0.241. The van der Waals surface area contributed by atoms with E-state index in [2.05, 4.69) is 22.0 Å². The van der Waals surface area contributed by atoms with Gasteiger partial charge in [-0.15, -0.1) is 0 Å². The second-order valence-corrected chi connectivity index (χ2v) is 11.4. The second kappa shape index (κ2) is 12.3. The molecule has 1 aliphatic heterocycles. The minimum atomic E-state index is -0.643. The van der Waals surface area contributed by atoms with Gasteiger partial charge >= 0.3 is 5.97 Å². The predicted octanol–water partition coefficient (Wildman–Crippen LogP) is 5.46. The first-order chi connectivity index (χ1) is 19.8. The van der Waals surface area contributed by atoms with Crippen LogP contribution in [-0.4, -0.2) is 24.8 Å². The molecule has 0 fully saturated rings. The SMILES string of the molecule is CCC1=C(C(=O)OC)[C@@H](c2ccccc2)n2c(s/c(=C\c3cc(Br)c(OCc4cccc(C)c4)c(OC)c3)c2=O)=N1. The van der Waals surface area contributed by atoms with Gasteiger partial charge in [-0.3, -0.25) is 9.36 Å². The number of nitrogens with zero attached hydrogens (tertiary/aromatic N) is 2. The largest absolute Gasteiger partial charge is 0.493 e. The molecule has 210 valence electrons. The zero-order valence-corrected chi connectivity index (χ0v) is 25.5. The number of ether oxygens (including phenoxy) is 3. The number of thiazole rings is 1. The van der Waals surface area contributed by atoms with Crippen molar-refractivity contribution in [3.8, 4) is 11.5 Å². The van der Waals surface area contributed by atoms with E-state index in [0.29, 0.717) is 49.6 Å². The van der Waals surface area contributed by atoms with Crippen LogP contribution in [-0.2, 0) is 16.1 Å². The molecular formula is C32H29BrN2O5S. The van der Waals surface area contributed by atoms with Gasteiger partial charge in [0.05, 0.1) is 40.5 Å². The molecule has 3 aromatic carbocycles. The van der Waals surface area contributed by atoms with Crippen molar-refractivity contribution in [1.82, 2.24) is 4.57 Å². The molecule has 1 aromatic heterocycles. The summed E-state index contributed by atoms with van der Waals surface area (Å²) >= 11 is 4.91. The summed E-state index contributed by atoms with van der Waals surface area (Å²) in [6.07, 6.45) is 2.32. The fourth-order valence-corrected chi connectivity index (χ4v) is 6.48. The minimum Gasteiger partial charge on any atom is -0.493 e. The summed E-state index contributed by atoms with van der Waals surface area (Å²) in [5, 5.41) is 0. The van der Waals surface area contributed by atoms with Crippen molar-refractivity contribution in [2.24, 2.45) is 4.99 Å². The molecule has 0 spiro atoms. The Morgan fingerprint density at radius 2 is 1.88 bits per heavy atom. The first-order valence-electron chi connectivity index (χ1n) is 13.1. The average Bonchev–Trinajstić information content (AvgIpc) is 3.29. The zero-order valence-electron chi connectivity index (χ0n) is 23.1. The Labute approximate surface area is 250 Å². The molecule has 7 nitrogen and oxygen atoms in total. The maximum Gasteiger partial charge on any atom is 0.338 e. The molecule has 0 saturated carbocycles. The number of halogens is 1. The number of allylic oxidation sites excluding steroid dienone is 1. The van der Waals surface area contributed by atoms with Gasteiger partial charge in [0.15, 0.2) is 16.3 Å². The van der Waals surface area contributed by atoms with Crippen LogP contribution in [0.25, 0.3) is 6.08 Å². The number of fused-ring (bicyclic) bond motifs is 1. The number of rotatable bonds is 8. The number of benzene rings is 3. The van der Waals surface area contributed by atoms with Crippen LogP contribution >= 0.6 is 27.3 Å². The zero-order chi connectivity index (χ0) is 29.1. The average molecular weight is 634 g/mol. The third kappa shape index (κ3) is 5.78. The van der Waals surface area contributed by atoms with Gasteiger partial charge in [0.2, 0.25) is 0 Å². The van der Waals surface area contributed by atoms with E-state index in [9.17, 15) is 9.59 Å². The normalized spacial score (nSPS) is 14.9. The highest BCUT2D eigenvalue weighted by Gasteiger charge is 2.33. The summed E-state index contributed by atoms with van der Waals surface area (Å²) in [6.45, 7) is 4.36. The van der Waals surface area contributed by atoms with Gasteiger partial charge in [0.1, 0.15) is 6.61 Å². The summed E-state index contributed by atoms with van der Waals surface area (Å²) in [4.78, 5) is 32.1. The van der Waals surface area contributed by atoms with Crippen LogP contribution in [0.1, 0.15) is 41.6 Å². The molecular weight excluding hydrogens is 604 g/mol. The van der Waals surface area contributed by atoms with Crippen LogP contribution in [0.15, 0.2) is 92.3 Å². The molecule has 0 amide bonds. The summed E-state index contributed by atoms with van der Waals surface area (Å²) in [5.74, 6) is 0.616. The Hall–Kier alpha value is -3.95. The number of methoxy groups -OCH3 is 2. The lowest BCUT2D eigenvalue weighted by molar-refractivity contribution is -0.136. The second-order valence-electron chi connectivity index (χ2n) is 9.51. The monoisotopic (exact) mass is 632 g/mol. The lowest BCUT2D eigenvalue weighted by Gasteiger charge is -2.25. The van der Waals surface area contributed by atoms with Crippen molar-refractivity contribution < 1.29 is 19.0 Å². The predicted molar refractivity (Wildman–Crippen MR) is 163 cm³/mol. The van der Waals surface area contributed by atoms with E-state index in [0.717, 1.165) is 22.3 Å². The van der Waals surface area contributed by atoms with Gasteiger partial charge in [-0.25, -0.2) is 9.79 Å². The third-order valence-electron chi connectivity index (χ3n) is 6.78. The number of esters is 1. The Morgan fingerprint density at radius 3 is 2.56 bits per heavy atom. The van der Waals surface area contributed by atoms with E-state index in [-0.39, 0.29) is 5.56 Å². The molecule has 0 saturated heterocycles. The Balaban J connectivity index is 1.59. The van der Waals surface area contributed by atoms with Gasteiger partial charge in [0, 0.05) is 0 Å². The van der Waals surface area contributed by atoms with Crippen LogP contribution in [0.3, 0.4) is 0 Å². The minimum absolute atomic E-state index is 0.242. The van der Waals surface area contributed by atoms with Crippen molar-refractivity contribution in [2.75, 3.05) is 14.2 Å². The van der Waals surface area contributed by atoms with E-state index in [1.807, 2.05) is 74.5 Å². The van der Waals surface area contributed by atoms with E-state index in [1.54, 1.807) is 17.8 Å². The van der Waals surface area contributed by atoms with Crippen LogP contribution in [0.2, 0.25) is 0 Å². The molecule has 4 aromatic rings. The van der Waals surface area contributed by atoms with Gasteiger partial charge in [-0.1, -0.05) is 78.4 Å². The molecule has 2 heterocycles. The van der Waals surface area contributed by atoms with E-state index in [4.69, 9.17) is 19.2 Å². The fourth-order valence-electron chi connectivity index (χ4n) is 4.89. The van der Waals surface area contributed by atoms with E-state index in [1.165, 1.54) is 18.4 Å². The number of aryl methyl sites for hydroxylation is 1. The summed E-state index contributed by atoms with van der Waals surface area (Å²) in [5.41, 5.74) is 4.51. The molecule has 9 heteroatoms. The fraction of sp³-hybridized carbons (Fsp3) is 0.219. The number of carbonyl (C=O) groups excluding carboxylic acids is 1. The first kappa shape index (κ1) is 28.6. The molecule has 0 N–H and O–H groups in total. The Bertz CT molecular complexity index is 1820. The van der Waals surface area contributed by atoms with Crippen molar-refractivity contribution in [1.29, 1.82) is 0 Å². The lowest BCUT2D eigenvalue weighted by Crippen LogP contribution is -2.40. The molecule has 41 heavy (non-hydrogen) atoms. The summed E-state index contributed by atoms with van der Waals surface area (Å²) in [6, 6.07) is 20.7. The van der Waals surface area contributed by atoms with Crippen molar-refractivity contribution in [3.63, 3.8) is 0 Å². The van der Waals surface area contributed by atoms with E-state index < -0.39 is 12.0 Å². The molecule has 1 aliphatic rings. The highest BCUT2D eigenvalue weighted by molar-refractivity contribution is 9.10. The number of aromatic nitrogens is 1. The summed E-state index contributed by atoms with van der Waals surface area (Å²) in [7, 11) is 2.93. The van der Waals surface area contributed by atoms with Crippen LogP contribution in [0.4, 0.5) is 0 Å². The van der Waals surface area contributed by atoms with Crippen molar-refractivity contribution >= 4 is 39.3 Å². The molecule has 0 unspecified atom stereocenters. The maximum absolute atomic E-state index is 13.9. The molecule has 0 aliphatic carbocycles. The molecule has 0 radical (unpaired) electrons. The molecule has 0 bridgehead atoms. The van der Waals surface area contributed by atoms with Gasteiger partial charge in [-0.2, -0.15) is 0 Å². The first-order valence-corrected chi connectivity index (χ1v) is 14.7. The highest BCUT2D eigenvalue weighted by Crippen LogP contribution is 2.37. The standard InChI is InChI=1S/C32H29BrN2O5S/c1-5-24-27(31(37)39-4)28(22-12-7-6-8-13-22)35-30(36)26(41-32(35)34-24)17-21-15-23(33)29(25(16-21)38-3)40-18-20-11-9-10-19(2)14-20/h6-17,28H,5,18H2,1-4H3/b26-17-/t28-/m1/s1. The summed E-state index contributed by atoms with van der Waals surface area (Å²) < 4.78 is 19.7. The van der Waals surface area contributed by atoms with Gasteiger partial charge < -0.3 is 14.2 Å². The smallest absolute Gasteiger partial charge is 0.338 e. The molecule has 5 rings (SSSR count). The topological polar surface area (TPSA) is 79.1 Å². The maximum atomic E-state index is 13.9. The van der Waals surface area contributed by atoms with Gasteiger partial charge in [0.25, 0.3) is 5.56 Å². The van der Waals surface area contributed by atoms with Crippen LogP contribution < -0.4 is 24.4 Å². The van der Waals surface area contributed by atoms with Crippen molar-refractivity contribution in [2.45, 2.75) is 32.9 Å². The Morgan fingerprint density at radius 1 is 1.10 bits per heavy atom. The number of hydrogen-bond donors (Lipinski definition) is 0. The highest BCUT2D eigenvalue weighted by atomic mass is 79.9.